The number of nitrogens with one attached hydrogen (secondary N) is 3. The van der Waals surface area contributed by atoms with Crippen LogP contribution in [-0.2, 0) is 13.1 Å². The first-order chi connectivity index (χ1) is 13.4. The molecule has 0 aliphatic heterocycles. The average Bonchev–Trinajstić information content (AvgIpc) is 2.70. The lowest BCUT2D eigenvalue weighted by Gasteiger charge is -2.11. The maximum absolute atomic E-state index is 12.4. The molecule has 7 nitrogen and oxygen atoms in total. The van der Waals surface area contributed by atoms with E-state index in [0.29, 0.717) is 30.2 Å². The third-order valence-corrected chi connectivity index (χ3v) is 3.95. The van der Waals surface area contributed by atoms with Gasteiger partial charge in [0.15, 0.2) is 0 Å². The highest BCUT2D eigenvalue weighted by Gasteiger charge is 2.08. The molecule has 0 aliphatic rings. The predicted octanol–water partition coefficient (Wildman–Crippen LogP) is 2.84. The fourth-order valence-electron chi connectivity index (χ4n) is 2.52. The van der Waals surface area contributed by atoms with Gasteiger partial charge in [0.2, 0.25) is 0 Å². The molecular weight excluding hydrogens is 358 g/mol. The normalized spacial score (nSPS) is 10.3. The fraction of sp³-hybridized carbons (Fsp3) is 0.333. The summed E-state index contributed by atoms with van der Waals surface area (Å²) in [6, 6.07) is 12.4. The second kappa shape index (κ2) is 10.2. The Kier molecular flexibility index (Phi) is 7.68. The molecular formula is C21H27N3O4. The van der Waals surface area contributed by atoms with Gasteiger partial charge in [0.05, 0.1) is 14.2 Å². The van der Waals surface area contributed by atoms with Gasteiger partial charge in [-0.25, -0.2) is 4.79 Å². The molecule has 7 heteroatoms. The Morgan fingerprint density at radius 1 is 0.857 bits per heavy atom. The number of amides is 3. The van der Waals surface area contributed by atoms with E-state index in [1.54, 1.807) is 32.4 Å². The van der Waals surface area contributed by atoms with Crippen LogP contribution in [0.3, 0.4) is 0 Å². The molecule has 3 amide bonds. The summed E-state index contributed by atoms with van der Waals surface area (Å²) in [6.45, 7) is 4.54. The van der Waals surface area contributed by atoms with Gasteiger partial charge in [-0.3, -0.25) is 4.79 Å². The highest BCUT2D eigenvalue weighted by molar-refractivity contribution is 5.94. The molecule has 0 saturated carbocycles. The summed E-state index contributed by atoms with van der Waals surface area (Å²) in [5.41, 5.74) is 2.33. The second-order valence-corrected chi connectivity index (χ2v) is 6.58. The van der Waals surface area contributed by atoms with Crippen molar-refractivity contribution in [1.82, 2.24) is 16.0 Å². The summed E-state index contributed by atoms with van der Waals surface area (Å²) in [5.74, 6) is 1.16. The van der Waals surface area contributed by atoms with Crippen LogP contribution < -0.4 is 25.4 Å². The average molecular weight is 385 g/mol. The zero-order chi connectivity index (χ0) is 20.5. The molecule has 150 valence electrons. The number of ether oxygens (including phenoxy) is 2. The summed E-state index contributed by atoms with van der Waals surface area (Å²) in [6.07, 6.45) is 0. The number of carbonyl (C=O) groups is 2. The minimum absolute atomic E-state index is 0.0793. The highest BCUT2D eigenvalue weighted by atomic mass is 16.5. The lowest BCUT2D eigenvalue weighted by atomic mass is 10.1. The van der Waals surface area contributed by atoms with Crippen LogP contribution in [-0.4, -0.2) is 32.2 Å². The lowest BCUT2D eigenvalue weighted by Crippen LogP contribution is -2.39. The molecule has 3 N–H and O–H groups in total. The fourth-order valence-corrected chi connectivity index (χ4v) is 2.52. The largest absolute Gasteiger partial charge is 0.497 e. The van der Waals surface area contributed by atoms with Gasteiger partial charge in [-0.1, -0.05) is 12.1 Å². The molecule has 0 unspecified atom stereocenters. The number of benzene rings is 2. The third kappa shape index (κ3) is 6.50. The number of methoxy groups -OCH3 is 2. The lowest BCUT2D eigenvalue weighted by molar-refractivity contribution is 0.0950. The monoisotopic (exact) mass is 385 g/mol. The van der Waals surface area contributed by atoms with Crippen LogP contribution in [0, 0.1) is 0 Å². The SMILES string of the molecule is COc1cc(CNC(=O)c2ccc(CNC(=O)NC(C)C)cc2)cc(OC)c1. The van der Waals surface area contributed by atoms with Crippen molar-refractivity contribution in [2.24, 2.45) is 0 Å². The second-order valence-electron chi connectivity index (χ2n) is 6.58. The van der Waals surface area contributed by atoms with Crippen molar-refractivity contribution in [3.63, 3.8) is 0 Å². The Labute approximate surface area is 165 Å². The van der Waals surface area contributed by atoms with Crippen molar-refractivity contribution in [1.29, 1.82) is 0 Å². The van der Waals surface area contributed by atoms with E-state index in [-0.39, 0.29) is 18.0 Å². The van der Waals surface area contributed by atoms with Gasteiger partial charge in [0.1, 0.15) is 11.5 Å². The molecule has 0 fully saturated rings. The number of carbonyl (C=O) groups excluding carboxylic acids is 2. The quantitative estimate of drug-likeness (QED) is 0.652. The number of hydrogen-bond donors (Lipinski definition) is 3. The number of rotatable bonds is 8. The van der Waals surface area contributed by atoms with Gasteiger partial charge < -0.3 is 25.4 Å². The molecule has 2 rings (SSSR count). The molecule has 0 bridgehead atoms. The highest BCUT2D eigenvalue weighted by Crippen LogP contribution is 2.22. The van der Waals surface area contributed by atoms with E-state index < -0.39 is 0 Å². The van der Waals surface area contributed by atoms with E-state index >= 15 is 0 Å². The first-order valence-corrected chi connectivity index (χ1v) is 9.04. The molecule has 0 saturated heterocycles. The van der Waals surface area contributed by atoms with E-state index in [0.717, 1.165) is 11.1 Å². The Hall–Kier alpha value is -3.22. The molecule has 0 aliphatic carbocycles. The van der Waals surface area contributed by atoms with Gasteiger partial charge in [-0.2, -0.15) is 0 Å². The maximum Gasteiger partial charge on any atom is 0.315 e. The van der Waals surface area contributed by atoms with Crippen molar-refractivity contribution in [2.75, 3.05) is 14.2 Å². The van der Waals surface area contributed by atoms with Crippen LogP contribution >= 0.6 is 0 Å². The molecule has 0 atom stereocenters. The Morgan fingerprint density at radius 3 is 1.96 bits per heavy atom. The molecule has 2 aromatic rings. The Morgan fingerprint density at radius 2 is 1.43 bits per heavy atom. The van der Waals surface area contributed by atoms with Crippen molar-refractivity contribution >= 4 is 11.9 Å². The van der Waals surface area contributed by atoms with Gasteiger partial charge in [0.25, 0.3) is 5.91 Å². The molecule has 0 spiro atoms. The summed E-state index contributed by atoms with van der Waals surface area (Å²) >= 11 is 0. The van der Waals surface area contributed by atoms with Crippen LogP contribution in [0.5, 0.6) is 11.5 Å². The van der Waals surface area contributed by atoms with E-state index in [4.69, 9.17) is 9.47 Å². The molecule has 0 heterocycles. The minimum Gasteiger partial charge on any atom is -0.497 e. The molecule has 0 radical (unpaired) electrons. The molecule has 2 aromatic carbocycles. The van der Waals surface area contributed by atoms with E-state index in [9.17, 15) is 9.59 Å². The first kappa shape index (κ1) is 21.1. The molecule has 28 heavy (non-hydrogen) atoms. The van der Waals surface area contributed by atoms with Gasteiger partial charge in [-0.05, 0) is 49.2 Å². The smallest absolute Gasteiger partial charge is 0.315 e. The zero-order valence-corrected chi connectivity index (χ0v) is 16.7. The van der Waals surface area contributed by atoms with E-state index in [1.807, 2.05) is 38.1 Å². The van der Waals surface area contributed by atoms with Gasteiger partial charge >= 0.3 is 6.03 Å². The van der Waals surface area contributed by atoms with Crippen molar-refractivity contribution in [3.8, 4) is 11.5 Å². The van der Waals surface area contributed by atoms with Crippen molar-refractivity contribution < 1.29 is 19.1 Å². The van der Waals surface area contributed by atoms with Crippen LogP contribution in [0.1, 0.15) is 35.3 Å². The van der Waals surface area contributed by atoms with Crippen molar-refractivity contribution in [3.05, 3.63) is 59.2 Å². The van der Waals surface area contributed by atoms with Crippen molar-refractivity contribution in [2.45, 2.75) is 33.0 Å². The maximum atomic E-state index is 12.4. The Balaban J connectivity index is 1.90. The topological polar surface area (TPSA) is 88.7 Å². The Bertz CT molecular complexity index is 782. The summed E-state index contributed by atoms with van der Waals surface area (Å²) in [5, 5.41) is 8.41. The first-order valence-electron chi connectivity index (χ1n) is 9.04. The third-order valence-electron chi connectivity index (χ3n) is 3.95. The molecule has 0 aromatic heterocycles. The van der Waals surface area contributed by atoms with E-state index in [1.165, 1.54) is 0 Å². The van der Waals surface area contributed by atoms with Crippen LogP contribution in [0.4, 0.5) is 4.79 Å². The standard InChI is InChI=1S/C21H27N3O4/c1-14(2)24-21(26)23-12-15-5-7-17(8-6-15)20(25)22-13-16-9-18(27-3)11-19(10-16)28-4/h5-11,14H,12-13H2,1-4H3,(H,22,25)(H2,23,24,26). The summed E-state index contributed by atoms with van der Waals surface area (Å²) in [4.78, 5) is 24.0. The van der Waals surface area contributed by atoms with Crippen LogP contribution in [0.25, 0.3) is 0 Å². The summed E-state index contributed by atoms with van der Waals surface area (Å²) in [7, 11) is 3.17. The predicted molar refractivity (Wildman–Crippen MR) is 108 cm³/mol. The van der Waals surface area contributed by atoms with Gasteiger partial charge in [0, 0.05) is 30.8 Å². The minimum atomic E-state index is -0.217. The van der Waals surface area contributed by atoms with Crippen LogP contribution in [0.15, 0.2) is 42.5 Å². The van der Waals surface area contributed by atoms with E-state index in [2.05, 4.69) is 16.0 Å². The number of hydrogen-bond acceptors (Lipinski definition) is 4. The zero-order valence-electron chi connectivity index (χ0n) is 16.7. The van der Waals surface area contributed by atoms with Crippen LogP contribution in [0.2, 0.25) is 0 Å². The van der Waals surface area contributed by atoms with Gasteiger partial charge in [-0.15, -0.1) is 0 Å². The summed E-state index contributed by atoms with van der Waals surface area (Å²) < 4.78 is 10.5. The number of urea groups is 1.